The SMILES string of the molecule is c1ccc2c(c1)oc1ccc(-n3c4ccccc4c4c5sc6ccccc6c5c5c6ccccc6sc5c43)cc12. The molecule has 4 aromatic heterocycles. The molecule has 2 nitrogen and oxygen atoms in total. The Morgan fingerprint density at radius 3 is 1.88 bits per heavy atom. The lowest BCUT2D eigenvalue weighted by Crippen LogP contribution is -1.93. The minimum absolute atomic E-state index is 0.921. The summed E-state index contributed by atoms with van der Waals surface area (Å²) in [5.74, 6) is 0. The maximum absolute atomic E-state index is 6.20. The first-order chi connectivity index (χ1) is 19.8. The van der Waals surface area contributed by atoms with Gasteiger partial charge in [-0.15, -0.1) is 22.7 Å². The van der Waals surface area contributed by atoms with Crippen LogP contribution >= 0.6 is 22.7 Å². The van der Waals surface area contributed by atoms with Crippen LogP contribution in [0.25, 0.3) is 89.8 Å². The summed E-state index contributed by atoms with van der Waals surface area (Å²) in [5.41, 5.74) is 5.53. The fraction of sp³-hybridized carbons (Fsp3) is 0. The van der Waals surface area contributed by atoms with Crippen LogP contribution in [0.15, 0.2) is 120 Å². The van der Waals surface area contributed by atoms with Crippen molar-refractivity contribution in [2.24, 2.45) is 0 Å². The van der Waals surface area contributed by atoms with Gasteiger partial charge in [0.15, 0.2) is 0 Å². The molecular weight excluding hydrogens is 527 g/mol. The molecule has 0 N–H and O–H groups in total. The zero-order chi connectivity index (χ0) is 25.9. The molecule has 0 aliphatic heterocycles. The Kier molecular flexibility index (Phi) is 3.98. The van der Waals surface area contributed by atoms with Crippen molar-refractivity contribution in [2.75, 3.05) is 0 Å². The van der Waals surface area contributed by atoms with E-state index in [1.165, 1.54) is 62.2 Å². The van der Waals surface area contributed by atoms with Crippen LogP contribution in [0.3, 0.4) is 0 Å². The van der Waals surface area contributed by atoms with Crippen LogP contribution < -0.4 is 0 Å². The lowest BCUT2D eigenvalue weighted by Gasteiger charge is -2.09. The second-order valence-electron chi connectivity index (χ2n) is 10.5. The number of benzene rings is 6. The zero-order valence-electron chi connectivity index (χ0n) is 21.1. The third-order valence-electron chi connectivity index (χ3n) is 8.38. The quantitative estimate of drug-likeness (QED) is 0.201. The van der Waals surface area contributed by atoms with Crippen LogP contribution in [0.2, 0.25) is 0 Å². The molecule has 0 aliphatic carbocycles. The summed E-state index contributed by atoms with van der Waals surface area (Å²) in [6.45, 7) is 0. The van der Waals surface area contributed by atoms with Crippen LogP contribution in [0.5, 0.6) is 0 Å². The smallest absolute Gasteiger partial charge is 0.135 e. The highest BCUT2D eigenvalue weighted by atomic mass is 32.1. The van der Waals surface area contributed by atoms with E-state index in [1.54, 1.807) is 0 Å². The van der Waals surface area contributed by atoms with E-state index in [9.17, 15) is 0 Å². The highest BCUT2D eigenvalue weighted by Crippen LogP contribution is 2.52. The molecule has 0 fully saturated rings. The van der Waals surface area contributed by atoms with E-state index in [-0.39, 0.29) is 0 Å². The molecule has 4 heterocycles. The standard InChI is InChI=1S/C36H19NOS2/c1-5-13-26-22(10-1)33-34(37(26)20-17-18-28-25(19-20)21-9-2-6-14-27(21)38-28)36-32(24-12-4-8-16-30(24)40-36)31-23-11-3-7-15-29(23)39-35(31)33/h1-19H. The molecule has 10 rings (SSSR count). The number of rotatable bonds is 1. The number of hydrogen-bond donors (Lipinski definition) is 0. The van der Waals surface area contributed by atoms with E-state index in [2.05, 4.69) is 108 Å². The Morgan fingerprint density at radius 1 is 0.475 bits per heavy atom. The van der Waals surface area contributed by atoms with Crippen LogP contribution in [-0.2, 0) is 0 Å². The van der Waals surface area contributed by atoms with Crippen LogP contribution in [0.1, 0.15) is 0 Å². The van der Waals surface area contributed by atoms with Crippen molar-refractivity contribution in [2.45, 2.75) is 0 Å². The van der Waals surface area contributed by atoms with Crippen molar-refractivity contribution < 1.29 is 4.42 Å². The molecule has 0 saturated heterocycles. The van der Waals surface area contributed by atoms with E-state index in [0.717, 1.165) is 27.6 Å². The number of hydrogen-bond acceptors (Lipinski definition) is 3. The van der Waals surface area contributed by atoms with Gasteiger partial charge in [-0.3, -0.25) is 0 Å². The van der Waals surface area contributed by atoms with Gasteiger partial charge in [-0.1, -0.05) is 72.8 Å². The molecular formula is C36H19NOS2. The summed E-state index contributed by atoms with van der Waals surface area (Å²) in [6, 6.07) is 41.7. The van der Waals surface area contributed by atoms with Gasteiger partial charge in [-0.25, -0.2) is 0 Å². The van der Waals surface area contributed by atoms with Crippen molar-refractivity contribution in [3.8, 4) is 5.69 Å². The van der Waals surface area contributed by atoms with Gasteiger partial charge in [0.2, 0.25) is 0 Å². The molecule has 0 aliphatic rings. The second kappa shape index (κ2) is 7.51. The summed E-state index contributed by atoms with van der Waals surface area (Å²) in [4.78, 5) is 0. The Labute approximate surface area is 235 Å². The first-order valence-corrected chi connectivity index (χ1v) is 15.1. The predicted octanol–water partition coefficient (Wildman–Crippen LogP) is 11.4. The van der Waals surface area contributed by atoms with Crippen molar-refractivity contribution in [3.63, 3.8) is 0 Å². The van der Waals surface area contributed by atoms with Crippen LogP contribution in [0.4, 0.5) is 0 Å². The normalized spacial score (nSPS) is 12.5. The van der Waals surface area contributed by atoms with Crippen LogP contribution in [0, 0.1) is 0 Å². The molecule has 0 saturated carbocycles. The first-order valence-electron chi connectivity index (χ1n) is 13.4. The minimum atomic E-state index is 0.921. The van der Waals surface area contributed by atoms with Gasteiger partial charge in [-0.2, -0.15) is 0 Å². The number of nitrogens with zero attached hydrogens (tertiary/aromatic N) is 1. The minimum Gasteiger partial charge on any atom is -0.456 e. The molecule has 6 aromatic carbocycles. The Hall–Kier alpha value is -4.64. The number of aromatic nitrogens is 1. The molecule has 0 unspecified atom stereocenters. The number of para-hydroxylation sites is 2. The molecule has 0 radical (unpaired) electrons. The molecule has 186 valence electrons. The maximum atomic E-state index is 6.20. The van der Waals surface area contributed by atoms with Gasteiger partial charge >= 0.3 is 0 Å². The highest BCUT2D eigenvalue weighted by molar-refractivity contribution is 7.29. The van der Waals surface area contributed by atoms with E-state index in [0.29, 0.717) is 0 Å². The first kappa shape index (κ1) is 21.2. The molecule has 40 heavy (non-hydrogen) atoms. The second-order valence-corrected chi connectivity index (χ2v) is 12.6. The van der Waals surface area contributed by atoms with Gasteiger partial charge in [0.25, 0.3) is 0 Å². The summed E-state index contributed by atoms with van der Waals surface area (Å²) in [6.07, 6.45) is 0. The molecule has 4 heteroatoms. The van der Waals surface area contributed by atoms with Gasteiger partial charge in [-0.05, 0) is 42.5 Å². The van der Waals surface area contributed by atoms with Crippen molar-refractivity contribution in [1.82, 2.24) is 4.57 Å². The molecule has 10 aromatic rings. The predicted molar refractivity (Wildman–Crippen MR) is 174 cm³/mol. The van der Waals surface area contributed by atoms with Gasteiger partial charge in [0, 0.05) is 62.9 Å². The van der Waals surface area contributed by atoms with E-state index < -0.39 is 0 Å². The zero-order valence-corrected chi connectivity index (χ0v) is 22.8. The van der Waals surface area contributed by atoms with Gasteiger partial charge in [0.1, 0.15) is 11.2 Å². The summed E-state index contributed by atoms with van der Waals surface area (Å²) in [7, 11) is 0. The molecule has 0 spiro atoms. The monoisotopic (exact) mass is 545 g/mol. The van der Waals surface area contributed by atoms with Crippen molar-refractivity contribution in [3.05, 3.63) is 115 Å². The number of fused-ring (bicyclic) bond motifs is 15. The summed E-state index contributed by atoms with van der Waals surface area (Å²) < 4.78 is 14.1. The van der Waals surface area contributed by atoms with Gasteiger partial charge < -0.3 is 8.98 Å². The van der Waals surface area contributed by atoms with Gasteiger partial charge in [0.05, 0.1) is 15.7 Å². The number of furan rings is 1. The molecule has 0 amide bonds. The third-order valence-corrected chi connectivity index (χ3v) is 10.7. The highest BCUT2D eigenvalue weighted by Gasteiger charge is 2.24. The lowest BCUT2D eigenvalue weighted by molar-refractivity contribution is 0.669. The van der Waals surface area contributed by atoms with E-state index in [1.807, 2.05) is 34.8 Å². The maximum Gasteiger partial charge on any atom is 0.135 e. The largest absolute Gasteiger partial charge is 0.456 e. The summed E-state index contributed by atoms with van der Waals surface area (Å²) >= 11 is 3.84. The van der Waals surface area contributed by atoms with E-state index >= 15 is 0 Å². The van der Waals surface area contributed by atoms with Crippen molar-refractivity contribution in [1.29, 1.82) is 0 Å². The Morgan fingerprint density at radius 2 is 1.07 bits per heavy atom. The average molecular weight is 546 g/mol. The fourth-order valence-electron chi connectivity index (χ4n) is 6.74. The third kappa shape index (κ3) is 2.58. The topological polar surface area (TPSA) is 18.1 Å². The van der Waals surface area contributed by atoms with E-state index in [4.69, 9.17) is 4.42 Å². The molecule has 0 atom stereocenters. The Bertz CT molecular complexity index is 2660. The average Bonchev–Trinajstić information content (AvgIpc) is 3.75. The summed E-state index contributed by atoms with van der Waals surface area (Å²) in [5, 5.41) is 10.4. The lowest BCUT2D eigenvalue weighted by atomic mass is 10.0. The number of thiophene rings is 2. The fourth-order valence-corrected chi connectivity index (χ4v) is 9.26. The molecule has 0 bridgehead atoms. The Balaban J connectivity index is 1.49. The van der Waals surface area contributed by atoms with Crippen LogP contribution in [-0.4, -0.2) is 4.57 Å². The van der Waals surface area contributed by atoms with Crippen molar-refractivity contribution >= 4 is 107 Å².